The van der Waals surface area contributed by atoms with Gasteiger partial charge in [-0.2, -0.15) is 0 Å². The number of carbonyl (C=O) groups excluding carboxylic acids is 1. The van der Waals surface area contributed by atoms with Crippen LogP contribution < -0.4 is 5.43 Å². The third-order valence-corrected chi connectivity index (χ3v) is 1.40. The van der Waals surface area contributed by atoms with Gasteiger partial charge < -0.3 is 0 Å². The molecule has 2 rings (SSSR count). The molecule has 0 aliphatic carbocycles. The second kappa shape index (κ2) is 2.11. The van der Waals surface area contributed by atoms with E-state index in [4.69, 9.17) is 0 Å². The maximum atomic E-state index is 10.2. The number of hydrogen-bond donors (Lipinski definition) is 1. The van der Waals surface area contributed by atoms with Crippen molar-refractivity contribution in [2.75, 3.05) is 0 Å². The van der Waals surface area contributed by atoms with Crippen molar-refractivity contribution in [1.82, 2.24) is 10.4 Å². The van der Waals surface area contributed by atoms with Gasteiger partial charge in [-0.25, -0.2) is 14.8 Å². The molecular formula is C7H5N3O. The predicted octanol–water partition coefficient (Wildman–Crippen LogP) is -0.0384. The zero-order valence-electron chi connectivity index (χ0n) is 5.61. The molecule has 0 bridgehead atoms. The van der Waals surface area contributed by atoms with Crippen LogP contribution in [0.15, 0.2) is 34.9 Å². The Morgan fingerprint density at radius 1 is 1.64 bits per heavy atom. The van der Waals surface area contributed by atoms with Crippen molar-refractivity contribution in [3.8, 4) is 0 Å². The van der Waals surface area contributed by atoms with Crippen molar-refractivity contribution >= 4 is 12.2 Å². The van der Waals surface area contributed by atoms with Gasteiger partial charge >= 0.3 is 0 Å². The molecule has 4 heteroatoms. The number of allylic oxidation sites excluding steroid dienone is 2. The third kappa shape index (κ3) is 0.855. The van der Waals surface area contributed by atoms with Crippen LogP contribution in [-0.2, 0) is 4.79 Å². The Balaban J connectivity index is 2.40. The second-order valence-corrected chi connectivity index (χ2v) is 2.12. The summed E-state index contributed by atoms with van der Waals surface area (Å²) in [5.74, 6) is 2.46. The van der Waals surface area contributed by atoms with Crippen LogP contribution >= 0.6 is 0 Å². The normalized spacial score (nSPS) is 19.1. The van der Waals surface area contributed by atoms with Crippen LogP contribution in [0.2, 0.25) is 0 Å². The highest BCUT2D eigenvalue weighted by Crippen LogP contribution is 2.15. The summed E-state index contributed by atoms with van der Waals surface area (Å²) in [6.45, 7) is 0. The quantitative estimate of drug-likeness (QED) is 0.489. The monoisotopic (exact) mass is 147 g/mol. The zero-order valence-corrected chi connectivity index (χ0v) is 5.61. The van der Waals surface area contributed by atoms with E-state index >= 15 is 0 Å². The summed E-state index contributed by atoms with van der Waals surface area (Å²) in [6.07, 6.45) is 6.85. The summed E-state index contributed by atoms with van der Waals surface area (Å²) in [6, 6.07) is 0. The predicted molar refractivity (Wildman–Crippen MR) is 39.9 cm³/mol. The molecule has 0 radical (unpaired) electrons. The molecule has 54 valence electrons. The Hall–Kier alpha value is -1.80. The Kier molecular flexibility index (Phi) is 1.14. The number of rotatable bonds is 0. The van der Waals surface area contributed by atoms with Crippen LogP contribution in [0.25, 0.3) is 0 Å². The molecule has 1 N–H and O–H groups in total. The summed E-state index contributed by atoms with van der Waals surface area (Å²) in [5.41, 5.74) is 3.18. The van der Waals surface area contributed by atoms with Crippen molar-refractivity contribution < 1.29 is 4.79 Å². The molecule has 0 saturated heterocycles. The fourth-order valence-corrected chi connectivity index (χ4v) is 0.927. The first kappa shape index (κ1) is 5.95. The fraction of sp³-hybridized carbons (Fsp3) is 0. The Labute approximate surface area is 63.2 Å². The van der Waals surface area contributed by atoms with E-state index in [9.17, 15) is 4.79 Å². The first-order chi connectivity index (χ1) is 5.40. The molecule has 2 heterocycles. The largest absolute Gasteiger partial charge is 0.282 e. The van der Waals surface area contributed by atoms with Gasteiger partial charge in [-0.05, 0) is 6.08 Å². The molecule has 0 aromatic heterocycles. The van der Waals surface area contributed by atoms with E-state index in [1.807, 2.05) is 0 Å². The molecule has 11 heavy (non-hydrogen) atoms. The highest BCUT2D eigenvalue weighted by molar-refractivity contribution is 5.74. The minimum absolute atomic E-state index is 0.406. The van der Waals surface area contributed by atoms with E-state index in [-0.39, 0.29) is 0 Å². The molecule has 2 aliphatic rings. The number of hydrazine groups is 1. The molecule has 0 unspecified atom stereocenters. The van der Waals surface area contributed by atoms with Crippen LogP contribution in [0.3, 0.4) is 0 Å². The number of fused-ring (bicyclic) bond motifs is 1. The SMILES string of the molecule is O=C=C1C=C2N=CC=CN2N1. The molecule has 0 amide bonds. The summed E-state index contributed by atoms with van der Waals surface area (Å²) in [7, 11) is 0. The van der Waals surface area contributed by atoms with Gasteiger partial charge in [0.2, 0.25) is 0 Å². The van der Waals surface area contributed by atoms with E-state index in [0.29, 0.717) is 11.5 Å². The van der Waals surface area contributed by atoms with Crippen LogP contribution in [0.1, 0.15) is 0 Å². The molecule has 0 atom stereocenters. The molecule has 0 aromatic rings. The lowest BCUT2D eigenvalue weighted by Crippen LogP contribution is -2.26. The lowest BCUT2D eigenvalue weighted by Gasteiger charge is -2.15. The molecule has 0 aromatic carbocycles. The minimum Gasteiger partial charge on any atom is -0.282 e. The number of aliphatic imine (C=N–C) groups is 1. The molecular weight excluding hydrogens is 142 g/mol. The van der Waals surface area contributed by atoms with Crippen molar-refractivity contribution in [2.45, 2.75) is 0 Å². The Morgan fingerprint density at radius 3 is 3.27 bits per heavy atom. The van der Waals surface area contributed by atoms with Crippen LogP contribution in [0.4, 0.5) is 0 Å². The van der Waals surface area contributed by atoms with Gasteiger partial charge in [0.1, 0.15) is 5.70 Å². The van der Waals surface area contributed by atoms with Gasteiger partial charge in [0.25, 0.3) is 0 Å². The van der Waals surface area contributed by atoms with E-state index in [0.717, 1.165) is 0 Å². The maximum absolute atomic E-state index is 10.2. The van der Waals surface area contributed by atoms with E-state index in [2.05, 4.69) is 10.4 Å². The summed E-state index contributed by atoms with van der Waals surface area (Å²) >= 11 is 0. The first-order valence-electron chi connectivity index (χ1n) is 3.14. The molecule has 0 spiro atoms. The lowest BCUT2D eigenvalue weighted by molar-refractivity contribution is 0.406. The van der Waals surface area contributed by atoms with E-state index in [1.54, 1.807) is 35.5 Å². The first-order valence-corrected chi connectivity index (χ1v) is 3.14. The summed E-state index contributed by atoms with van der Waals surface area (Å²) < 4.78 is 0. The maximum Gasteiger partial charge on any atom is 0.154 e. The fourth-order valence-electron chi connectivity index (χ4n) is 0.927. The third-order valence-electron chi connectivity index (χ3n) is 1.40. The van der Waals surface area contributed by atoms with Crippen molar-refractivity contribution in [1.29, 1.82) is 0 Å². The average molecular weight is 147 g/mol. The zero-order chi connectivity index (χ0) is 7.68. The van der Waals surface area contributed by atoms with Gasteiger partial charge in [-0.3, -0.25) is 5.43 Å². The van der Waals surface area contributed by atoms with Crippen LogP contribution in [0, 0.1) is 0 Å². The lowest BCUT2D eigenvalue weighted by atomic mass is 10.4. The molecule has 4 nitrogen and oxygen atoms in total. The van der Waals surface area contributed by atoms with E-state index in [1.165, 1.54) is 0 Å². The average Bonchev–Trinajstić information content (AvgIpc) is 2.46. The highest BCUT2D eigenvalue weighted by Gasteiger charge is 2.16. The number of nitrogens with zero attached hydrogens (tertiary/aromatic N) is 2. The summed E-state index contributed by atoms with van der Waals surface area (Å²) in [4.78, 5) is 14.2. The Morgan fingerprint density at radius 2 is 2.55 bits per heavy atom. The highest BCUT2D eigenvalue weighted by atomic mass is 16.1. The van der Waals surface area contributed by atoms with Crippen molar-refractivity contribution in [2.24, 2.45) is 4.99 Å². The molecule has 0 saturated carbocycles. The van der Waals surface area contributed by atoms with Crippen molar-refractivity contribution in [3.63, 3.8) is 0 Å². The number of nitrogens with one attached hydrogen (secondary N) is 1. The Bertz CT molecular complexity index is 321. The van der Waals surface area contributed by atoms with Gasteiger partial charge in [0, 0.05) is 18.5 Å². The standard InChI is InChI=1S/C7H5N3O/c11-5-6-4-7-8-2-1-3-10(7)9-6/h1-4,9H. The van der Waals surface area contributed by atoms with E-state index < -0.39 is 0 Å². The van der Waals surface area contributed by atoms with Crippen molar-refractivity contribution in [3.05, 3.63) is 29.9 Å². The van der Waals surface area contributed by atoms with Gasteiger partial charge in [-0.15, -0.1) is 0 Å². The van der Waals surface area contributed by atoms with Crippen LogP contribution in [0.5, 0.6) is 0 Å². The second-order valence-electron chi connectivity index (χ2n) is 2.12. The topological polar surface area (TPSA) is 44.7 Å². The molecule has 0 fully saturated rings. The van der Waals surface area contributed by atoms with Gasteiger partial charge in [0.05, 0.1) is 0 Å². The number of hydrogen-bond acceptors (Lipinski definition) is 4. The summed E-state index contributed by atoms with van der Waals surface area (Å²) in [5, 5.41) is 1.65. The van der Waals surface area contributed by atoms with Gasteiger partial charge in [0.15, 0.2) is 11.8 Å². The van der Waals surface area contributed by atoms with Gasteiger partial charge in [-0.1, -0.05) is 0 Å². The van der Waals surface area contributed by atoms with Crippen LogP contribution in [-0.4, -0.2) is 17.2 Å². The minimum atomic E-state index is 0.406. The molecule has 2 aliphatic heterocycles. The smallest absolute Gasteiger partial charge is 0.154 e.